The summed E-state index contributed by atoms with van der Waals surface area (Å²) in [5.74, 6) is 0.987. The summed E-state index contributed by atoms with van der Waals surface area (Å²) >= 11 is 0. The highest BCUT2D eigenvalue weighted by atomic mass is 19.2. The van der Waals surface area contributed by atoms with E-state index >= 15 is 0 Å². The highest BCUT2D eigenvalue weighted by Gasteiger charge is 2.15. The minimum atomic E-state index is -1.56. The smallest absolute Gasteiger partial charge is 0.241 e. The summed E-state index contributed by atoms with van der Waals surface area (Å²) in [7, 11) is 0. The Kier molecular flexibility index (Phi) is 2.18. The number of anilines is 1. The van der Waals surface area contributed by atoms with Gasteiger partial charge < -0.3 is 11.6 Å². The van der Waals surface area contributed by atoms with Crippen molar-refractivity contribution in [3.63, 3.8) is 0 Å². The highest BCUT2D eigenvalue weighted by molar-refractivity contribution is 5.57. The number of rotatable bonds is 1. The van der Waals surface area contributed by atoms with Crippen LogP contribution in [0.5, 0.6) is 0 Å². The summed E-state index contributed by atoms with van der Waals surface area (Å²) in [4.78, 5) is 0. The van der Waals surface area contributed by atoms with Gasteiger partial charge in [-0.05, 0) is 12.1 Å². The van der Waals surface area contributed by atoms with Gasteiger partial charge in [0.25, 0.3) is 0 Å². The van der Waals surface area contributed by atoms with E-state index in [0.717, 1.165) is 16.8 Å². The normalized spacial score (nSPS) is 10.7. The third-order valence-electron chi connectivity index (χ3n) is 1.96. The Morgan fingerprint density at radius 2 is 1.62 bits per heavy atom. The molecule has 0 saturated carbocycles. The van der Waals surface area contributed by atoms with E-state index in [-0.39, 0.29) is 17.3 Å². The fourth-order valence-corrected chi connectivity index (χ4v) is 1.18. The van der Waals surface area contributed by atoms with Crippen LogP contribution in [-0.2, 0) is 0 Å². The van der Waals surface area contributed by atoms with Gasteiger partial charge in [0.15, 0.2) is 23.3 Å². The second kappa shape index (κ2) is 3.40. The topological polar surface area (TPSA) is 82.8 Å². The first kappa shape index (κ1) is 10.3. The van der Waals surface area contributed by atoms with E-state index in [2.05, 4.69) is 10.2 Å². The Balaban J connectivity index is 2.61. The number of halogens is 3. The monoisotopic (exact) mass is 229 g/mol. The maximum Gasteiger partial charge on any atom is 0.241 e. The summed E-state index contributed by atoms with van der Waals surface area (Å²) in [5, 5.41) is 6.91. The second-order valence-corrected chi connectivity index (χ2v) is 3.01. The Bertz CT molecular complexity index is 528. The molecule has 0 atom stereocenters. The molecular weight excluding hydrogens is 223 g/mol. The molecule has 0 spiro atoms. The fourth-order valence-electron chi connectivity index (χ4n) is 1.18. The standard InChI is InChI=1S/C8H6F3N5/c9-4-1-3(2-5(10)6(4)11)7-14-15-8(12)16(7)13/h1-2H,13H2,(H2,12,15). The van der Waals surface area contributed by atoms with E-state index in [0.29, 0.717) is 0 Å². The molecule has 5 nitrogen and oxygen atoms in total. The molecule has 84 valence electrons. The molecule has 0 fully saturated rings. The largest absolute Gasteiger partial charge is 0.366 e. The number of hydrogen-bond donors (Lipinski definition) is 2. The van der Waals surface area contributed by atoms with Gasteiger partial charge in [0.2, 0.25) is 5.95 Å². The zero-order valence-electron chi connectivity index (χ0n) is 7.78. The number of nitrogens with zero attached hydrogens (tertiary/aromatic N) is 3. The molecule has 0 aliphatic carbocycles. The molecule has 8 heteroatoms. The van der Waals surface area contributed by atoms with Crippen LogP contribution in [0.3, 0.4) is 0 Å². The number of aromatic nitrogens is 3. The first-order valence-corrected chi connectivity index (χ1v) is 4.11. The Morgan fingerprint density at radius 1 is 1.06 bits per heavy atom. The average Bonchev–Trinajstić information content (AvgIpc) is 2.56. The quantitative estimate of drug-likeness (QED) is 0.555. The van der Waals surface area contributed by atoms with Crippen LogP contribution in [0.4, 0.5) is 19.1 Å². The number of nitrogen functional groups attached to an aromatic ring is 2. The van der Waals surface area contributed by atoms with Crippen molar-refractivity contribution < 1.29 is 13.2 Å². The van der Waals surface area contributed by atoms with E-state index in [9.17, 15) is 13.2 Å². The predicted octanol–water partition coefficient (Wildman–Crippen LogP) is 0.658. The van der Waals surface area contributed by atoms with E-state index < -0.39 is 17.5 Å². The van der Waals surface area contributed by atoms with Crippen molar-refractivity contribution in [2.75, 3.05) is 11.6 Å². The van der Waals surface area contributed by atoms with Gasteiger partial charge in [-0.25, -0.2) is 17.8 Å². The zero-order chi connectivity index (χ0) is 11.9. The molecule has 0 saturated heterocycles. The van der Waals surface area contributed by atoms with Crippen LogP contribution >= 0.6 is 0 Å². The summed E-state index contributed by atoms with van der Waals surface area (Å²) in [5.41, 5.74) is 5.23. The van der Waals surface area contributed by atoms with Crippen molar-refractivity contribution in [1.29, 1.82) is 0 Å². The van der Waals surface area contributed by atoms with Gasteiger partial charge in [-0.3, -0.25) is 0 Å². The van der Waals surface area contributed by atoms with Crippen LogP contribution in [-0.4, -0.2) is 14.9 Å². The molecule has 0 bridgehead atoms. The van der Waals surface area contributed by atoms with Crippen molar-refractivity contribution in [3.8, 4) is 11.4 Å². The predicted molar refractivity (Wildman–Crippen MR) is 49.9 cm³/mol. The number of benzene rings is 1. The molecule has 0 aliphatic rings. The van der Waals surface area contributed by atoms with E-state index in [1.54, 1.807) is 0 Å². The minimum Gasteiger partial charge on any atom is -0.366 e. The van der Waals surface area contributed by atoms with E-state index in [4.69, 9.17) is 11.6 Å². The Morgan fingerprint density at radius 3 is 2.06 bits per heavy atom. The maximum atomic E-state index is 12.9. The molecule has 2 rings (SSSR count). The minimum absolute atomic E-state index is 0.0527. The fraction of sp³-hybridized carbons (Fsp3) is 0. The summed E-state index contributed by atoms with van der Waals surface area (Å²) < 4.78 is 39.4. The maximum absolute atomic E-state index is 12.9. The lowest BCUT2D eigenvalue weighted by Crippen LogP contribution is -2.13. The van der Waals surface area contributed by atoms with Crippen LogP contribution in [0.25, 0.3) is 11.4 Å². The first-order chi connectivity index (χ1) is 7.50. The van der Waals surface area contributed by atoms with Gasteiger partial charge in [0, 0.05) is 5.56 Å². The summed E-state index contributed by atoms with van der Waals surface area (Å²) in [6.07, 6.45) is 0. The van der Waals surface area contributed by atoms with Crippen LogP contribution in [0.1, 0.15) is 0 Å². The lowest BCUT2D eigenvalue weighted by atomic mass is 10.2. The molecule has 16 heavy (non-hydrogen) atoms. The van der Waals surface area contributed by atoms with Crippen LogP contribution in [0, 0.1) is 17.5 Å². The molecule has 0 radical (unpaired) electrons. The van der Waals surface area contributed by atoms with Crippen molar-refractivity contribution >= 4 is 5.95 Å². The molecule has 1 aromatic heterocycles. The van der Waals surface area contributed by atoms with Crippen molar-refractivity contribution in [2.45, 2.75) is 0 Å². The van der Waals surface area contributed by atoms with Crippen LogP contribution < -0.4 is 11.6 Å². The van der Waals surface area contributed by atoms with Gasteiger partial charge in [-0.2, -0.15) is 0 Å². The first-order valence-electron chi connectivity index (χ1n) is 4.11. The number of hydrogen-bond acceptors (Lipinski definition) is 4. The Labute approximate surface area is 87.5 Å². The highest BCUT2D eigenvalue weighted by Crippen LogP contribution is 2.22. The molecule has 0 unspecified atom stereocenters. The van der Waals surface area contributed by atoms with E-state index in [1.807, 2.05) is 0 Å². The third kappa shape index (κ3) is 1.44. The van der Waals surface area contributed by atoms with Crippen LogP contribution in [0.2, 0.25) is 0 Å². The Hall–Kier alpha value is -2.25. The zero-order valence-corrected chi connectivity index (χ0v) is 7.78. The second-order valence-electron chi connectivity index (χ2n) is 3.01. The third-order valence-corrected chi connectivity index (χ3v) is 1.96. The molecule has 0 aliphatic heterocycles. The van der Waals surface area contributed by atoms with Crippen molar-refractivity contribution in [1.82, 2.24) is 14.9 Å². The van der Waals surface area contributed by atoms with Gasteiger partial charge in [0.1, 0.15) is 0 Å². The molecule has 0 amide bonds. The van der Waals surface area contributed by atoms with Crippen LogP contribution in [0.15, 0.2) is 12.1 Å². The number of nitrogens with two attached hydrogens (primary N) is 2. The van der Waals surface area contributed by atoms with E-state index in [1.165, 1.54) is 0 Å². The lowest BCUT2D eigenvalue weighted by molar-refractivity contribution is 0.447. The molecule has 4 N–H and O–H groups in total. The van der Waals surface area contributed by atoms with Crippen molar-refractivity contribution in [2.24, 2.45) is 0 Å². The van der Waals surface area contributed by atoms with Crippen molar-refractivity contribution in [3.05, 3.63) is 29.6 Å². The summed E-state index contributed by atoms with van der Waals surface area (Å²) in [6, 6.07) is 1.51. The lowest BCUT2D eigenvalue weighted by Gasteiger charge is -2.02. The molecule has 2 aromatic rings. The van der Waals surface area contributed by atoms with Gasteiger partial charge in [-0.1, -0.05) is 0 Å². The van der Waals surface area contributed by atoms with Gasteiger partial charge >= 0.3 is 0 Å². The SMILES string of the molecule is Nc1nnc(-c2cc(F)c(F)c(F)c2)n1N. The molecule has 1 aromatic carbocycles. The summed E-state index contributed by atoms with van der Waals surface area (Å²) in [6.45, 7) is 0. The average molecular weight is 229 g/mol. The molecule has 1 heterocycles. The van der Waals surface area contributed by atoms with Gasteiger partial charge in [0.05, 0.1) is 0 Å². The van der Waals surface area contributed by atoms with Gasteiger partial charge in [-0.15, -0.1) is 10.2 Å². The molecular formula is C8H6F3N5.